The van der Waals surface area contributed by atoms with E-state index in [0.717, 1.165) is 6.42 Å². The SMILES string of the molecule is CN1c2ccccc2SC1Cc1cc[n+](C)c2ccccc12. The first-order valence-electron chi connectivity index (χ1n) is 7.59. The van der Waals surface area contributed by atoms with Gasteiger partial charge in [0, 0.05) is 35.9 Å². The largest absolute Gasteiger partial charge is 0.361 e. The zero-order chi connectivity index (χ0) is 15.1. The lowest BCUT2D eigenvalue weighted by atomic mass is 10.1. The van der Waals surface area contributed by atoms with Crippen molar-refractivity contribution in [3.05, 3.63) is 66.4 Å². The summed E-state index contributed by atoms with van der Waals surface area (Å²) in [7, 11) is 4.31. The second kappa shape index (κ2) is 5.33. The molecule has 0 fully saturated rings. The standard InChI is InChI=1S/C19H19N2S/c1-20-12-11-14(15-7-3-4-8-16(15)20)13-19-21(2)17-9-5-6-10-18(17)22-19/h3-12,19H,13H2,1-2H3/q+1. The molecule has 4 rings (SSSR count). The highest BCUT2D eigenvalue weighted by Crippen LogP contribution is 2.43. The number of para-hydroxylation sites is 2. The Bertz CT molecular complexity index is 844. The highest BCUT2D eigenvalue weighted by molar-refractivity contribution is 8.00. The maximum Gasteiger partial charge on any atom is 0.212 e. The second-order valence-electron chi connectivity index (χ2n) is 5.82. The number of fused-ring (bicyclic) bond motifs is 2. The van der Waals surface area contributed by atoms with Crippen LogP contribution in [0.25, 0.3) is 10.9 Å². The van der Waals surface area contributed by atoms with Gasteiger partial charge in [-0.25, -0.2) is 4.57 Å². The molecule has 110 valence electrons. The fraction of sp³-hybridized carbons (Fsp3) is 0.211. The van der Waals surface area contributed by atoms with E-state index in [1.54, 1.807) is 0 Å². The first-order chi connectivity index (χ1) is 10.7. The summed E-state index contributed by atoms with van der Waals surface area (Å²) in [4.78, 5) is 3.79. The van der Waals surface area contributed by atoms with Gasteiger partial charge < -0.3 is 4.90 Å². The van der Waals surface area contributed by atoms with Gasteiger partial charge in [0.05, 0.1) is 11.1 Å². The van der Waals surface area contributed by atoms with Gasteiger partial charge in [0.15, 0.2) is 6.20 Å². The van der Waals surface area contributed by atoms with Gasteiger partial charge in [0.25, 0.3) is 0 Å². The second-order valence-corrected chi connectivity index (χ2v) is 7.04. The van der Waals surface area contributed by atoms with E-state index >= 15 is 0 Å². The van der Waals surface area contributed by atoms with Gasteiger partial charge >= 0.3 is 0 Å². The number of pyridine rings is 1. The zero-order valence-electron chi connectivity index (χ0n) is 12.9. The van der Waals surface area contributed by atoms with Crippen LogP contribution in [0.1, 0.15) is 5.56 Å². The topological polar surface area (TPSA) is 7.12 Å². The van der Waals surface area contributed by atoms with Gasteiger partial charge in [-0.2, -0.15) is 0 Å². The molecule has 2 heterocycles. The minimum absolute atomic E-state index is 0.466. The molecule has 1 unspecified atom stereocenters. The van der Waals surface area contributed by atoms with Crippen molar-refractivity contribution in [3.63, 3.8) is 0 Å². The molecule has 3 aromatic rings. The lowest BCUT2D eigenvalue weighted by Gasteiger charge is -2.21. The summed E-state index contributed by atoms with van der Waals surface area (Å²) in [6.07, 6.45) is 3.22. The van der Waals surface area contributed by atoms with Gasteiger partial charge in [0.2, 0.25) is 5.52 Å². The number of hydrogen-bond acceptors (Lipinski definition) is 2. The maximum atomic E-state index is 2.40. The molecule has 2 aromatic carbocycles. The highest BCUT2D eigenvalue weighted by atomic mass is 32.2. The van der Waals surface area contributed by atoms with E-state index in [1.165, 1.54) is 27.0 Å². The molecule has 0 N–H and O–H groups in total. The Balaban J connectivity index is 1.70. The van der Waals surface area contributed by atoms with E-state index in [-0.39, 0.29) is 0 Å². The predicted molar refractivity (Wildman–Crippen MR) is 93.3 cm³/mol. The predicted octanol–water partition coefficient (Wildman–Crippen LogP) is 3.78. The number of nitrogens with zero attached hydrogens (tertiary/aromatic N) is 2. The summed E-state index contributed by atoms with van der Waals surface area (Å²) in [6, 6.07) is 19.6. The molecule has 1 aliphatic heterocycles. The van der Waals surface area contributed by atoms with Crippen LogP contribution >= 0.6 is 11.8 Å². The number of benzene rings is 2. The Morgan fingerprint density at radius 1 is 1.05 bits per heavy atom. The summed E-state index contributed by atoms with van der Waals surface area (Å²) in [6.45, 7) is 0. The molecular formula is C19H19N2S+. The first-order valence-corrected chi connectivity index (χ1v) is 8.47. The molecular weight excluding hydrogens is 288 g/mol. The van der Waals surface area contributed by atoms with E-state index in [9.17, 15) is 0 Å². The average Bonchev–Trinajstić information content (AvgIpc) is 2.87. The molecule has 1 aliphatic rings. The van der Waals surface area contributed by atoms with Crippen LogP contribution in [-0.4, -0.2) is 12.4 Å². The van der Waals surface area contributed by atoms with Crippen LogP contribution < -0.4 is 9.47 Å². The molecule has 22 heavy (non-hydrogen) atoms. The number of aryl methyl sites for hydroxylation is 1. The van der Waals surface area contributed by atoms with Gasteiger partial charge in [-0.05, 0) is 23.8 Å². The molecule has 0 amide bonds. The zero-order valence-corrected chi connectivity index (χ0v) is 13.7. The Morgan fingerprint density at radius 2 is 1.82 bits per heavy atom. The van der Waals surface area contributed by atoms with Crippen LogP contribution in [0.5, 0.6) is 0 Å². The Labute approximate surface area is 135 Å². The Morgan fingerprint density at radius 3 is 2.68 bits per heavy atom. The van der Waals surface area contributed by atoms with E-state index in [4.69, 9.17) is 0 Å². The molecule has 3 heteroatoms. The number of aromatic nitrogens is 1. The summed E-state index contributed by atoms with van der Waals surface area (Å²) < 4.78 is 2.19. The molecule has 0 aliphatic carbocycles. The molecule has 0 bridgehead atoms. The minimum Gasteiger partial charge on any atom is -0.361 e. The normalized spacial score (nSPS) is 17.0. The molecule has 2 nitrogen and oxygen atoms in total. The summed E-state index contributed by atoms with van der Waals surface area (Å²) in [5.41, 5.74) is 4.07. The van der Waals surface area contributed by atoms with Gasteiger partial charge in [-0.15, -0.1) is 0 Å². The molecule has 0 saturated heterocycles. The van der Waals surface area contributed by atoms with Crippen LogP contribution in [0.2, 0.25) is 0 Å². The lowest BCUT2D eigenvalue weighted by Crippen LogP contribution is -2.30. The molecule has 0 spiro atoms. The molecule has 1 aromatic heterocycles. The van der Waals surface area contributed by atoms with Gasteiger partial charge in [0.1, 0.15) is 7.05 Å². The third-order valence-corrected chi connectivity index (χ3v) is 5.82. The van der Waals surface area contributed by atoms with Crippen molar-refractivity contribution >= 4 is 28.4 Å². The number of anilines is 1. The number of likely N-dealkylation sites (N-methyl/N-ethyl adjacent to an activating group) is 1. The number of hydrogen-bond donors (Lipinski definition) is 0. The quantitative estimate of drug-likeness (QED) is 0.665. The van der Waals surface area contributed by atoms with Crippen molar-refractivity contribution in [2.75, 3.05) is 11.9 Å². The van der Waals surface area contributed by atoms with Crippen molar-refractivity contribution in [2.24, 2.45) is 7.05 Å². The smallest absolute Gasteiger partial charge is 0.212 e. The number of rotatable bonds is 2. The maximum absolute atomic E-state index is 2.40. The summed E-state index contributed by atoms with van der Waals surface area (Å²) in [5, 5.41) is 1.82. The molecule has 1 atom stereocenters. The van der Waals surface area contributed by atoms with Crippen LogP contribution in [0.15, 0.2) is 65.7 Å². The van der Waals surface area contributed by atoms with Crippen LogP contribution in [0.4, 0.5) is 5.69 Å². The van der Waals surface area contributed by atoms with Crippen molar-refractivity contribution in [2.45, 2.75) is 16.7 Å². The van der Waals surface area contributed by atoms with E-state index in [2.05, 4.69) is 84.4 Å². The monoisotopic (exact) mass is 307 g/mol. The minimum atomic E-state index is 0.466. The molecule has 0 saturated carbocycles. The highest BCUT2D eigenvalue weighted by Gasteiger charge is 2.27. The first kappa shape index (κ1) is 13.6. The van der Waals surface area contributed by atoms with Crippen molar-refractivity contribution in [3.8, 4) is 0 Å². The van der Waals surface area contributed by atoms with E-state index in [1.807, 2.05) is 11.8 Å². The third kappa shape index (κ3) is 2.17. The van der Waals surface area contributed by atoms with E-state index in [0.29, 0.717) is 5.37 Å². The average molecular weight is 307 g/mol. The van der Waals surface area contributed by atoms with Crippen molar-refractivity contribution in [1.82, 2.24) is 0 Å². The van der Waals surface area contributed by atoms with Crippen LogP contribution in [0.3, 0.4) is 0 Å². The fourth-order valence-corrected chi connectivity index (χ4v) is 4.52. The molecule has 0 radical (unpaired) electrons. The lowest BCUT2D eigenvalue weighted by molar-refractivity contribution is -0.644. The van der Waals surface area contributed by atoms with Crippen LogP contribution in [0, 0.1) is 0 Å². The Hall–Kier alpha value is -2.00. The van der Waals surface area contributed by atoms with Crippen molar-refractivity contribution < 1.29 is 4.57 Å². The third-order valence-electron chi connectivity index (χ3n) is 4.46. The summed E-state index contributed by atoms with van der Waals surface area (Å²) >= 11 is 1.97. The number of thioether (sulfide) groups is 1. The van der Waals surface area contributed by atoms with E-state index < -0.39 is 0 Å². The fourth-order valence-electron chi connectivity index (χ4n) is 3.20. The van der Waals surface area contributed by atoms with Crippen LogP contribution in [-0.2, 0) is 13.5 Å². The van der Waals surface area contributed by atoms with Gasteiger partial charge in [-0.3, -0.25) is 0 Å². The Kier molecular flexibility index (Phi) is 3.30. The van der Waals surface area contributed by atoms with Crippen molar-refractivity contribution in [1.29, 1.82) is 0 Å². The van der Waals surface area contributed by atoms with Gasteiger partial charge in [-0.1, -0.05) is 36.0 Å². The summed E-state index contributed by atoms with van der Waals surface area (Å²) in [5.74, 6) is 0.